The Morgan fingerprint density at radius 1 is 0.846 bits per heavy atom. The monoisotopic (exact) mass is 367 g/mol. The lowest BCUT2D eigenvalue weighted by Crippen LogP contribution is -2.15. The Bertz CT molecular complexity index is 998. The van der Waals surface area contributed by atoms with Crippen LogP contribution in [0.2, 0.25) is 0 Å². The van der Waals surface area contributed by atoms with Gasteiger partial charge >= 0.3 is 0 Å². The summed E-state index contributed by atoms with van der Waals surface area (Å²) in [5.41, 5.74) is 3.58. The molecule has 0 aliphatic heterocycles. The third-order valence-electron chi connectivity index (χ3n) is 4.01. The number of nitrogens with one attached hydrogen (secondary N) is 1. The predicted molar refractivity (Wildman–Crippen MR) is 103 cm³/mol. The molecule has 1 unspecified atom stereocenters. The van der Waals surface area contributed by atoms with Crippen molar-refractivity contribution in [3.05, 3.63) is 83.2 Å². The molecule has 0 fully saturated rings. The molecule has 1 atom stereocenters. The van der Waals surface area contributed by atoms with Crippen LogP contribution >= 0.6 is 0 Å². The minimum absolute atomic E-state index is 0.265. The minimum atomic E-state index is -3.29. The van der Waals surface area contributed by atoms with E-state index in [1.807, 2.05) is 56.3 Å². The average Bonchev–Trinajstić information content (AvgIpc) is 2.59. The van der Waals surface area contributed by atoms with Crippen molar-refractivity contribution in [2.75, 3.05) is 11.6 Å². The van der Waals surface area contributed by atoms with Gasteiger partial charge in [0.2, 0.25) is 5.95 Å². The Labute approximate surface area is 154 Å². The Morgan fingerprint density at radius 3 is 2.08 bits per heavy atom. The van der Waals surface area contributed by atoms with Crippen LogP contribution in [-0.4, -0.2) is 24.6 Å². The molecule has 134 valence electrons. The van der Waals surface area contributed by atoms with Crippen molar-refractivity contribution in [3.8, 4) is 0 Å². The molecule has 0 aliphatic rings. The Balaban J connectivity index is 2.07. The third kappa shape index (κ3) is 4.26. The van der Waals surface area contributed by atoms with E-state index < -0.39 is 9.84 Å². The van der Waals surface area contributed by atoms with Crippen molar-refractivity contribution in [1.29, 1.82) is 0 Å². The lowest BCUT2D eigenvalue weighted by atomic mass is 9.99. The summed E-state index contributed by atoms with van der Waals surface area (Å²) in [4.78, 5) is 9.20. The van der Waals surface area contributed by atoms with Gasteiger partial charge in [0.1, 0.15) is 0 Å². The summed E-state index contributed by atoms with van der Waals surface area (Å²) in [5, 5.41) is 3.35. The second kappa shape index (κ2) is 7.25. The van der Waals surface area contributed by atoms with Crippen LogP contribution in [0.5, 0.6) is 0 Å². The molecule has 5 nitrogen and oxygen atoms in total. The van der Waals surface area contributed by atoms with Crippen LogP contribution in [0.4, 0.5) is 5.95 Å². The van der Waals surface area contributed by atoms with E-state index in [0.29, 0.717) is 10.8 Å². The molecular formula is C20H21N3O2S. The van der Waals surface area contributed by atoms with Gasteiger partial charge in [0.25, 0.3) is 0 Å². The van der Waals surface area contributed by atoms with Crippen molar-refractivity contribution in [3.63, 3.8) is 0 Å². The second-order valence-corrected chi connectivity index (χ2v) is 8.32. The van der Waals surface area contributed by atoms with Gasteiger partial charge in [-0.05, 0) is 43.2 Å². The van der Waals surface area contributed by atoms with Crippen LogP contribution in [0.15, 0.2) is 65.6 Å². The molecule has 26 heavy (non-hydrogen) atoms. The first-order chi connectivity index (χ1) is 12.3. The fourth-order valence-electron chi connectivity index (χ4n) is 2.85. The molecule has 1 N–H and O–H groups in total. The number of aryl methyl sites for hydroxylation is 2. The van der Waals surface area contributed by atoms with Crippen molar-refractivity contribution in [1.82, 2.24) is 9.97 Å². The van der Waals surface area contributed by atoms with E-state index in [-0.39, 0.29) is 6.04 Å². The third-order valence-corrected chi connectivity index (χ3v) is 5.12. The molecule has 1 heterocycles. The van der Waals surface area contributed by atoms with E-state index in [9.17, 15) is 8.42 Å². The summed E-state index contributed by atoms with van der Waals surface area (Å²) in [7, 11) is -3.29. The van der Waals surface area contributed by atoms with Gasteiger partial charge in [0, 0.05) is 17.6 Å². The standard InChI is InChI=1S/C20H21N3O2S/c1-14-12-15(2)22-20(21-14)23-19(16-8-5-4-6-9-16)17-10-7-11-18(13-17)26(3,24)25/h4-13,19H,1-3H3,(H,21,22,23). The zero-order valence-electron chi connectivity index (χ0n) is 15.0. The molecule has 1 aromatic heterocycles. The number of hydrogen-bond acceptors (Lipinski definition) is 5. The Kier molecular flexibility index (Phi) is 5.04. The van der Waals surface area contributed by atoms with Crippen LogP contribution in [0.1, 0.15) is 28.6 Å². The predicted octanol–water partition coefficient (Wildman–Crippen LogP) is 3.70. The Hall–Kier alpha value is -2.73. The van der Waals surface area contributed by atoms with E-state index in [1.165, 1.54) is 6.26 Å². The molecule has 6 heteroatoms. The highest BCUT2D eigenvalue weighted by Crippen LogP contribution is 2.27. The molecule has 0 amide bonds. The summed E-state index contributed by atoms with van der Waals surface area (Å²) in [6.07, 6.45) is 1.21. The summed E-state index contributed by atoms with van der Waals surface area (Å²) >= 11 is 0. The molecule has 3 rings (SSSR count). The number of nitrogens with zero attached hydrogens (tertiary/aromatic N) is 2. The highest BCUT2D eigenvalue weighted by molar-refractivity contribution is 7.90. The van der Waals surface area contributed by atoms with E-state index in [0.717, 1.165) is 22.5 Å². The van der Waals surface area contributed by atoms with Crippen molar-refractivity contribution in [2.24, 2.45) is 0 Å². The van der Waals surface area contributed by atoms with Gasteiger partial charge in [0.05, 0.1) is 10.9 Å². The van der Waals surface area contributed by atoms with Crippen molar-refractivity contribution >= 4 is 15.8 Å². The van der Waals surface area contributed by atoms with E-state index in [2.05, 4.69) is 15.3 Å². The number of sulfone groups is 1. The van der Waals surface area contributed by atoms with Gasteiger partial charge < -0.3 is 5.32 Å². The van der Waals surface area contributed by atoms with E-state index in [4.69, 9.17) is 0 Å². The molecule has 3 aromatic rings. The summed E-state index contributed by atoms with van der Waals surface area (Å²) < 4.78 is 23.9. The summed E-state index contributed by atoms with van der Waals surface area (Å²) in [6.45, 7) is 3.84. The lowest BCUT2D eigenvalue weighted by Gasteiger charge is -2.21. The topological polar surface area (TPSA) is 72.0 Å². The summed E-state index contributed by atoms with van der Waals surface area (Å²) in [5.74, 6) is 0.515. The molecule has 0 spiro atoms. The first-order valence-electron chi connectivity index (χ1n) is 8.27. The maximum Gasteiger partial charge on any atom is 0.223 e. The average molecular weight is 367 g/mol. The fourth-order valence-corrected chi connectivity index (χ4v) is 3.52. The zero-order valence-corrected chi connectivity index (χ0v) is 15.8. The molecule has 0 aliphatic carbocycles. The van der Waals surface area contributed by atoms with Crippen LogP contribution in [0.25, 0.3) is 0 Å². The molecule has 0 radical (unpaired) electrons. The van der Waals surface area contributed by atoms with Crippen LogP contribution in [0, 0.1) is 13.8 Å². The highest BCUT2D eigenvalue weighted by atomic mass is 32.2. The fraction of sp³-hybridized carbons (Fsp3) is 0.200. The van der Waals surface area contributed by atoms with Crippen LogP contribution in [0.3, 0.4) is 0 Å². The number of anilines is 1. The van der Waals surface area contributed by atoms with Gasteiger partial charge in [-0.2, -0.15) is 0 Å². The number of rotatable bonds is 5. The first-order valence-corrected chi connectivity index (χ1v) is 10.2. The van der Waals surface area contributed by atoms with Gasteiger partial charge in [-0.15, -0.1) is 0 Å². The van der Waals surface area contributed by atoms with Gasteiger partial charge in [-0.3, -0.25) is 0 Å². The lowest BCUT2D eigenvalue weighted by molar-refractivity contribution is 0.601. The molecule has 0 saturated carbocycles. The molecule has 2 aromatic carbocycles. The Morgan fingerprint density at radius 2 is 1.46 bits per heavy atom. The van der Waals surface area contributed by atoms with Gasteiger partial charge in [-0.25, -0.2) is 18.4 Å². The summed E-state index contributed by atoms with van der Waals surface area (Å²) in [6, 6.07) is 18.4. The van der Waals surface area contributed by atoms with Gasteiger partial charge in [0.15, 0.2) is 9.84 Å². The van der Waals surface area contributed by atoms with Gasteiger partial charge in [-0.1, -0.05) is 42.5 Å². The normalized spacial score (nSPS) is 12.6. The van der Waals surface area contributed by atoms with Crippen LogP contribution in [-0.2, 0) is 9.84 Å². The zero-order chi connectivity index (χ0) is 18.7. The molecule has 0 saturated heterocycles. The smallest absolute Gasteiger partial charge is 0.223 e. The highest BCUT2D eigenvalue weighted by Gasteiger charge is 2.18. The quantitative estimate of drug-likeness (QED) is 0.744. The minimum Gasteiger partial charge on any atom is -0.343 e. The number of hydrogen-bond donors (Lipinski definition) is 1. The number of benzene rings is 2. The maximum absolute atomic E-state index is 11.9. The van der Waals surface area contributed by atoms with Crippen molar-refractivity contribution in [2.45, 2.75) is 24.8 Å². The van der Waals surface area contributed by atoms with E-state index in [1.54, 1.807) is 18.2 Å². The van der Waals surface area contributed by atoms with Crippen molar-refractivity contribution < 1.29 is 8.42 Å². The largest absolute Gasteiger partial charge is 0.343 e. The molecule has 0 bridgehead atoms. The second-order valence-electron chi connectivity index (χ2n) is 6.31. The maximum atomic E-state index is 11.9. The van der Waals surface area contributed by atoms with E-state index >= 15 is 0 Å². The number of aromatic nitrogens is 2. The molecular weight excluding hydrogens is 346 g/mol. The van der Waals surface area contributed by atoms with Crippen LogP contribution < -0.4 is 5.32 Å². The SMILES string of the molecule is Cc1cc(C)nc(NC(c2ccccc2)c2cccc(S(C)(=O)=O)c2)n1. The first kappa shape index (κ1) is 18.1.